The predicted octanol–water partition coefficient (Wildman–Crippen LogP) is 21.5. The van der Waals surface area contributed by atoms with Crippen molar-refractivity contribution in [2.45, 2.75) is 69.2 Å². The van der Waals surface area contributed by atoms with Gasteiger partial charge in [-0.3, -0.25) is 0 Å². The van der Waals surface area contributed by atoms with Gasteiger partial charge >= 0.3 is 0 Å². The minimum absolute atomic E-state index is 0.588. The maximum atomic E-state index is 9.06. The summed E-state index contributed by atoms with van der Waals surface area (Å²) in [6.07, 6.45) is 0. The molecule has 0 fully saturated rings. The Morgan fingerprint density at radius 3 is 0.838 bits per heavy atom. The lowest BCUT2D eigenvalue weighted by molar-refractivity contribution is 1.16. The molecule has 0 N–H and O–H groups in total. The fourth-order valence-electron chi connectivity index (χ4n) is 13.2. The zero-order valence-corrected chi connectivity index (χ0v) is 47.4. The summed E-state index contributed by atoms with van der Waals surface area (Å²) < 4.78 is 4.89. The highest BCUT2D eigenvalue weighted by molar-refractivity contribution is 6.14. The second-order valence-corrected chi connectivity index (χ2v) is 23.0. The normalized spacial score (nSPS) is 11.6. The Kier molecular flexibility index (Phi) is 12.2. The van der Waals surface area contributed by atoms with Crippen LogP contribution in [0.15, 0.2) is 200 Å². The van der Waals surface area contributed by atoms with Crippen LogP contribution in [0.1, 0.15) is 55.6 Å². The number of aryl methyl sites for hydroxylation is 10. The first-order chi connectivity index (χ1) is 38.6. The Hall–Kier alpha value is -9.49. The van der Waals surface area contributed by atoms with Crippen molar-refractivity contribution in [3.63, 3.8) is 0 Å². The summed E-state index contributed by atoms with van der Waals surface area (Å²) in [4.78, 5) is 4.44. The lowest BCUT2D eigenvalue weighted by Crippen LogP contribution is -2.02. The monoisotopic (exact) mass is 1030 g/mol. The van der Waals surface area contributed by atoms with E-state index in [1.807, 2.05) is 6.07 Å². The third-order valence-corrected chi connectivity index (χ3v) is 16.2. The largest absolute Gasteiger partial charge is 0.310 e. The fraction of sp³-hybridized carbons (Fsp3) is 0.130. The average molecular weight is 1030 g/mol. The van der Waals surface area contributed by atoms with Gasteiger partial charge in [0.05, 0.1) is 34.3 Å². The Balaban J connectivity index is 1.13. The summed E-state index contributed by atoms with van der Waals surface area (Å²) in [7, 11) is 0. The molecule has 3 nitrogen and oxygen atoms in total. The number of fused-ring (bicyclic) bond motifs is 6. The van der Waals surface area contributed by atoms with Crippen molar-refractivity contribution in [3.05, 3.63) is 267 Å². The molecule has 13 aromatic rings. The smallest absolute Gasteiger partial charge is 0.197 e. The van der Waals surface area contributed by atoms with Gasteiger partial charge in [-0.1, -0.05) is 189 Å². The minimum Gasteiger partial charge on any atom is -0.310 e. The summed E-state index contributed by atoms with van der Waals surface area (Å²) in [5.41, 5.74) is 32.9. The number of hydrogen-bond acceptors (Lipinski definition) is 0. The lowest BCUT2D eigenvalue weighted by Gasteiger charge is -2.21. The predicted molar refractivity (Wildman–Crippen MR) is 341 cm³/mol. The highest BCUT2D eigenvalue weighted by Crippen LogP contribution is 2.48. The van der Waals surface area contributed by atoms with Gasteiger partial charge in [0, 0.05) is 32.8 Å². The van der Waals surface area contributed by atoms with E-state index >= 15 is 0 Å². The first-order valence-electron chi connectivity index (χ1n) is 27.9. The standard InChI is InChI=1S/C77H63N3/c1-45-25-46(2)31-60(30-45)55-15-20-71-65(40-55)66-41-56(61-32-47(3)26-48(4)33-61)16-21-72(66)79(71)75-24-19-59(64-38-53(9)29-54(10)39-64)44-69(75)77-70(78-11)13-12-14-76(77)80-73-22-17-57(62-34-49(5)27-50(6)35-62)42-67(73)68-43-58(18-23-74(68)80)63-36-51(7)28-52(8)37-63/h12-44H,1-10H3. The summed E-state index contributed by atoms with van der Waals surface area (Å²) in [5.74, 6) is 0. The van der Waals surface area contributed by atoms with Crippen molar-refractivity contribution in [2.75, 3.05) is 0 Å². The molecular formula is C77H63N3. The van der Waals surface area contributed by atoms with Gasteiger partial charge in [-0.05, 0) is 197 Å². The molecule has 0 aliphatic heterocycles. The highest BCUT2D eigenvalue weighted by atomic mass is 15.0. The Morgan fingerprint density at radius 2 is 0.537 bits per heavy atom. The third-order valence-electron chi connectivity index (χ3n) is 16.2. The van der Waals surface area contributed by atoms with E-state index in [0.717, 1.165) is 66.5 Å². The fourth-order valence-corrected chi connectivity index (χ4v) is 13.2. The van der Waals surface area contributed by atoms with E-state index in [1.165, 1.54) is 111 Å². The van der Waals surface area contributed by atoms with E-state index in [2.05, 4.69) is 277 Å². The van der Waals surface area contributed by atoms with E-state index in [9.17, 15) is 0 Å². The van der Waals surface area contributed by atoms with Crippen LogP contribution in [0.4, 0.5) is 5.69 Å². The number of hydrogen-bond donors (Lipinski definition) is 0. The quantitative estimate of drug-likeness (QED) is 0.135. The van der Waals surface area contributed by atoms with Gasteiger partial charge < -0.3 is 9.13 Å². The number of benzene rings is 11. The SMILES string of the molecule is [C-]#[N+]c1cccc(-n2c3ccc(-c4cc(C)cc(C)c4)cc3c3cc(-c4cc(C)cc(C)c4)ccc32)c1-c1cc(-c2cc(C)cc(C)c2)ccc1-n1c2ccc(-c3cc(C)cc(C)c3)cc2c2cc(-c3cc(C)cc(C)c3)ccc21. The minimum atomic E-state index is 0.588. The van der Waals surface area contributed by atoms with Crippen molar-refractivity contribution >= 4 is 49.3 Å². The van der Waals surface area contributed by atoms with E-state index in [-0.39, 0.29) is 0 Å². The van der Waals surface area contributed by atoms with Crippen LogP contribution in [0, 0.1) is 75.8 Å². The second-order valence-electron chi connectivity index (χ2n) is 23.0. The number of nitrogens with zero attached hydrogens (tertiary/aromatic N) is 3. The molecular weight excluding hydrogens is 967 g/mol. The average Bonchev–Trinajstić information content (AvgIpc) is 4.17. The Bertz CT molecular complexity index is 4460. The van der Waals surface area contributed by atoms with Gasteiger partial charge in [-0.2, -0.15) is 0 Å². The molecule has 11 aromatic carbocycles. The molecule has 0 saturated heterocycles. The molecule has 80 heavy (non-hydrogen) atoms. The summed E-state index contributed by atoms with van der Waals surface area (Å²) >= 11 is 0. The van der Waals surface area contributed by atoms with Gasteiger partial charge in [0.2, 0.25) is 0 Å². The molecule has 2 heterocycles. The van der Waals surface area contributed by atoms with Crippen LogP contribution in [0.2, 0.25) is 0 Å². The van der Waals surface area contributed by atoms with Crippen LogP contribution in [0.25, 0.3) is 127 Å². The van der Waals surface area contributed by atoms with Crippen LogP contribution in [0.3, 0.4) is 0 Å². The number of rotatable bonds is 8. The van der Waals surface area contributed by atoms with Crippen molar-refractivity contribution in [2.24, 2.45) is 0 Å². The van der Waals surface area contributed by atoms with Crippen molar-refractivity contribution in [1.29, 1.82) is 0 Å². The van der Waals surface area contributed by atoms with Gasteiger partial charge in [0.25, 0.3) is 0 Å². The van der Waals surface area contributed by atoms with E-state index in [1.54, 1.807) is 0 Å². The molecule has 2 aromatic heterocycles. The van der Waals surface area contributed by atoms with Crippen LogP contribution < -0.4 is 0 Å². The van der Waals surface area contributed by atoms with Gasteiger partial charge in [-0.15, -0.1) is 0 Å². The number of aromatic nitrogens is 2. The van der Waals surface area contributed by atoms with Crippen molar-refractivity contribution in [1.82, 2.24) is 9.13 Å². The third kappa shape index (κ3) is 8.88. The lowest BCUT2D eigenvalue weighted by atomic mass is 9.93. The van der Waals surface area contributed by atoms with Gasteiger partial charge in [0.15, 0.2) is 5.69 Å². The maximum absolute atomic E-state index is 9.06. The van der Waals surface area contributed by atoms with Crippen LogP contribution in [0.5, 0.6) is 0 Å². The van der Waals surface area contributed by atoms with Crippen LogP contribution in [-0.4, -0.2) is 9.13 Å². The zero-order chi connectivity index (χ0) is 55.2. The first kappa shape index (κ1) is 50.0. The summed E-state index contributed by atoms with van der Waals surface area (Å²) in [5, 5.41) is 4.67. The van der Waals surface area contributed by atoms with E-state index in [4.69, 9.17) is 6.57 Å². The molecule has 0 amide bonds. The van der Waals surface area contributed by atoms with Crippen molar-refractivity contribution in [3.8, 4) is 78.1 Å². The Morgan fingerprint density at radius 1 is 0.263 bits per heavy atom. The molecule has 3 heteroatoms. The molecule has 13 rings (SSSR count). The summed E-state index contributed by atoms with van der Waals surface area (Å²) in [6.45, 7) is 30.9. The molecule has 0 radical (unpaired) electrons. The molecule has 0 atom stereocenters. The molecule has 386 valence electrons. The zero-order valence-electron chi connectivity index (χ0n) is 47.4. The van der Waals surface area contributed by atoms with Gasteiger partial charge in [-0.25, -0.2) is 4.85 Å². The van der Waals surface area contributed by atoms with E-state index in [0.29, 0.717) is 5.69 Å². The molecule has 0 spiro atoms. The highest BCUT2D eigenvalue weighted by Gasteiger charge is 2.25. The maximum Gasteiger partial charge on any atom is 0.197 e. The van der Waals surface area contributed by atoms with E-state index < -0.39 is 0 Å². The van der Waals surface area contributed by atoms with Gasteiger partial charge in [0.1, 0.15) is 0 Å². The molecule has 0 aliphatic carbocycles. The topological polar surface area (TPSA) is 14.2 Å². The van der Waals surface area contributed by atoms with Crippen LogP contribution in [-0.2, 0) is 0 Å². The summed E-state index contributed by atoms with van der Waals surface area (Å²) in [6, 6.07) is 75.3. The van der Waals surface area contributed by atoms with Crippen molar-refractivity contribution < 1.29 is 0 Å². The molecule has 0 saturated carbocycles. The molecule has 0 unspecified atom stereocenters. The first-order valence-corrected chi connectivity index (χ1v) is 27.9. The molecule has 0 aliphatic rings. The van der Waals surface area contributed by atoms with Crippen LogP contribution >= 0.6 is 0 Å². The molecule has 0 bridgehead atoms. The second kappa shape index (κ2) is 19.5. The Labute approximate surface area is 470 Å².